The Morgan fingerprint density at radius 3 is 2.94 bits per heavy atom. The molecule has 1 fully saturated rings. The summed E-state index contributed by atoms with van der Waals surface area (Å²) in [5.41, 5.74) is 2.71. The summed E-state index contributed by atoms with van der Waals surface area (Å²) in [6.07, 6.45) is 2.25. The average Bonchev–Trinajstić information content (AvgIpc) is 3.47. The number of carbonyl (C=O) groups is 2. The standard InChI is InChI=1S/C24H29N3O5S/c1-4-31-23(29)21-15(2)26-24-27(22(21)16-7-5-8-18(11-16)30-3)17(14-33-24)12-20(28)25-13-19-9-6-10-32-19/h5,7-8,11,14,19,22H,4,6,9-10,12-13H2,1-3H3,(H,25,28). The molecule has 3 aliphatic heterocycles. The van der Waals surface area contributed by atoms with Gasteiger partial charge >= 0.3 is 5.97 Å². The maximum Gasteiger partial charge on any atom is 0.338 e. The van der Waals surface area contributed by atoms with Crippen LogP contribution in [0.5, 0.6) is 5.75 Å². The normalized spacial score (nSPS) is 22.0. The van der Waals surface area contributed by atoms with E-state index in [1.54, 1.807) is 14.0 Å². The fourth-order valence-corrected chi connectivity index (χ4v) is 5.19. The molecule has 0 spiro atoms. The molecule has 4 rings (SSSR count). The summed E-state index contributed by atoms with van der Waals surface area (Å²) in [6, 6.07) is 7.12. The molecule has 3 heterocycles. The van der Waals surface area contributed by atoms with Gasteiger partial charge in [0.1, 0.15) is 5.75 Å². The van der Waals surface area contributed by atoms with Crippen molar-refractivity contribution in [3.05, 3.63) is 52.2 Å². The van der Waals surface area contributed by atoms with Gasteiger partial charge in [-0.1, -0.05) is 23.9 Å². The SMILES string of the molecule is CCOC(=O)C1=C(C)N=C2SC=C(CC(=O)NCC3CCCO3)N2C1c1cccc(OC)c1. The lowest BCUT2D eigenvalue weighted by molar-refractivity contribution is -0.139. The molecule has 1 amide bonds. The van der Waals surface area contributed by atoms with Gasteiger partial charge in [0.2, 0.25) is 5.91 Å². The van der Waals surface area contributed by atoms with Crippen LogP contribution >= 0.6 is 11.8 Å². The second-order valence-electron chi connectivity index (χ2n) is 8.01. The summed E-state index contributed by atoms with van der Waals surface area (Å²) in [7, 11) is 1.61. The quantitative estimate of drug-likeness (QED) is 0.580. The fourth-order valence-electron chi connectivity index (χ4n) is 4.23. The highest BCUT2D eigenvalue weighted by molar-refractivity contribution is 8.16. The number of carbonyl (C=O) groups excluding carboxylic acids is 2. The first-order valence-electron chi connectivity index (χ1n) is 11.2. The number of amides is 1. The van der Waals surface area contributed by atoms with Gasteiger partial charge in [0.15, 0.2) is 5.17 Å². The highest BCUT2D eigenvalue weighted by atomic mass is 32.2. The van der Waals surface area contributed by atoms with Crippen molar-refractivity contribution < 1.29 is 23.8 Å². The summed E-state index contributed by atoms with van der Waals surface area (Å²) in [5.74, 6) is 0.181. The van der Waals surface area contributed by atoms with Crippen molar-refractivity contribution in [2.75, 3.05) is 26.9 Å². The summed E-state index contributed by atoms with van der Waals surface area (Å²) in [6.45, 7) is 5.12. The van der Waals surface area contributed by atoms with Crippen molar-refractivity contribution in [2.45, 2.75) is 45.3 Å². The van der Waals surface area contributed by atoms with Gasteiger partial charge in [-0.05, 0) is 49.8 Å². The van der Waals surface area contributed by atoms with Crippen LogP contribution in [0.2, 0.25) is 0 Å². The van der Waals surface area contributed by atoms with E-state index in [1.165, 1.54) is 11.8 Å². The molecule has 1 aromatic rings. The number of rotatable bonds is 8. The number of nitrogens with zero attached hydrogens (tertiary/aromatic N) is 2. The van der Waals surface area contributed by atoms with Crippen molar-refractivity contribution >= 4 is 28.8 Å². The smallest absolute Gasteiger partial charge is 0.338 e. The molecule has 1 saturated heterocycles. The number of hydrogen-bond acceptors (Lipinski definition) is 8. The molecule has 0 radical (unpaired) electrons. The second kappa shape index (κ2) is 10.4. The predicted octanol–water partition coefficient (Wildman–Crippen LogP) is 3.52. The molecule has 0 saturated carbocycles. The lowest BCUT2D eigenvalue weighted by Gasteiger charge is -2.36. The molecular weight excluding hydrogens is 442 g/mol. The molecule has 2 unspecified atom stereocenters. The molecule has 0 bridgehead atoms. The Morgan fingerprint density at radius 1 is 1.36 bits per heavy atom. The number of ether oxygens (including phenoxy) is 3. The number of esters is 1. The number of hydrogen-bond donors (Lipinski definition) is 1. The van der Waals surface area contributed by atoms with Crippen molar-refractivity contribution in [3.63, 3.8) is 0 Å². The largest absolute Gasteiger partial charge is 0.497 e. The maximum atomic E-state index is 13.0. The van der Waals surface area contributed by atoms with E-state index in [1.807, 2.05) is 41.5 Å². The Balaban J connectivity index is 1.62. The Bertz CT molecular complexity index is 1010. The summed E-state index contributed by atoms with van der Waals surface area (Å²) >= 11 is 1.45. The van der Waals surface area contributed by atoms with E-state index >= 15 is 0 Å². The van der Waals surface area contributed by atoms with Crippen LogP contribution in [0.1, 0.15) is 44.7 Å². The van der Waals surface area contributed by atoms with Gasteiger partial charge in [0, 0.05) is 18.8 Å². The highest BCUT2D eigenvalue weighted by Crippen LogP contribution is 2.45. The zero-order valence-electron chi connectivity index (χ0n) is 19.1. The van der Waals surface area contributed by atoms with Gasteiger partial charge < -0.3 is 24.4 Å². The minimum atomic E-state index is -0.473. The average molecular weight is 472 g/mol. The fraction of sp³-hybridized carbons (Fsp3) is 0.458. The number of fused-ring (bicyclic) bond motifs is 1. The van der Waals surface area contributed by atoms with E-state index in [2.05, 4.69) is 10.3 Å². The molecular formula is C24H29N3O5S. The van der Waals surface area contributed by atoms with E-state index in [-0.39, 0.29) is 25.0 Å². The highest BCUT2D eigenvalue weighted by Gasteiger charge is 2.41. The van der Waals surface area contributed by atoms with E-state index in [0.29, 0.717) is 23.6 Å². The van der Waals surface area contributed by atoms with E-state index in [9.17, 15) is 9.59 Å². The van der Waals surface area contributed by atoms with Gasteiger partial charge in [-0.15, -0.1) is 0 Å². The van der Waals surface area contributed by atoms with Crippen molar-refractivity contribution in [1.82, 2.24) is 10.2 Å². The molecule has 2 atom stereocenters. The third-order valence-corrected chi connectivity index (χ3v) is 6.69. The Kier molecular flexibility index (Phi) is 7.39. The Labute approximate surface area is 198 Å². The van der Waals surface area contributed by atoms with E-state index in [0.717, 1.165) is 35.9 Å². The number of methoxy groups -OCH3 is 1. The predicted molar refractivity (Wildman–Crippen MR) is 127 cm³/mol. The molecule has 9 heteroatoms. The summed E-state index contributed by atoms with van der Waals surface area (Å²) < 4.78 is 16.4. The van der Waals surface area contributed by atoms with Gasteiger partial charge in [-0.3, -0.25) is 4.79 Å². The number of thioether (sulfide) groups is 1. The zero-order valence-corrected chi connectivity index (χ0v) is 19.9. The van der Waals surface area contributed by atoms with E-state index in [4.69, 9.17) is 14.2 Å². The molecule has 176 valence electrons. The number of nitrogens with one attached hydrogen (secondary N) is 1. The lowest BCUT2D eigenvalue weighted by atomic mass is 9.93. The topological polar surface area (TPSA) is 89.5 Å². The first-order chi connectivity index (χ1) is 16.0. The third-order valence-electron chi connectivity index (χ3n) is 5.80. The van der Waals surface area contributed by atoms with Gasteiger partial charge in [-0.2, -0.15) is 0 Å². The molecule has 33 heavy (non-hydrogen) atoms. The number of benzene rings is 1. The van der Waals surface area contributed by atoms with Crippen LogP contribution in [0.4, 0.5) is 0 Å². The molecule has 3 aliphatic rings. The third kappa shape index (κ3) is 5.09. The molecule has 1 aromatic carbocycles. The molecule has 0 aliphatic carbocycles. The first kappa shape index (κ1) is 23.4. The molecule has 1 N–H and O–H groups in total. The van der Waals surface area contributed by atoms with Crippen LogP contribution < -0.4 is 10.1 Å². The van der Waals surface area contributed by atoms with Crippen molar-refractivity contribution in [3.8, 4) is 5.75 Å². The lowest BCUT2D eigenvalue weighted by Crippen LogP contribution is -2.38. The van der Waals surface area contributed by atoms with Crippen LogP contribution in [-0.4, -0.2) is 54.9 Å². The first-order valence-corrected chi connectivity index (χ1v) is 12.0. The van der Waals surface area contributed by atoms with Crippen molar-refractivity contribution in [2.24, 2.45) is 4.99 Å². The van der Waals surface area contributed by atoms with Gasteiger partial charge in [-0.25, -0.2) is 9.79 Å². The van der Waals surface area contributed by atoms with Gasteiger partial charge in [0.25, 0.3) is 0 Å². The zero-order chi connectivity index (χ0) is 23.4. The van der Waals surface area contributed by atoms with Crippen LogP contribution in [0, 0.1) is 0 Å². The maximum absolute atomic E-state index is 13.0. The minimum absolute atomic E-state index is 0.0820. The molecule has 8 nitrogen and oxygen atoms in total. The second-order valence-corrected chi connectivity index (χ2v) is 8.84. The summed E-state index contributed by atoms with van der Waals surface area (Å²) in [5, 5.41) is 5.64. The number of amidine groups is 1. The van der Waals surface area contributed by atoms with Gasteiger partial charge in [0.05, 0.1) is 43.6 Å². The minimum Gasteiger partial charge on any atom is -0.497 e. The van der Waals surface area contributed by atoms with Crippen LogP contribution in [0.15, 0.2) is 51.6 Å². The molecule has 0 aromatic heterocycles. The number of allylic oxidation sites excluding steroid dienone is 1. The summed E-state index contributed by atoms with van der Waals surface area (Å²) in [4.78, 5) is 32.4. The van der Waals surface area contributed by atoms with Crippen LogP contribution in [-0.2, 0) is 19.1 Å². The Morgan fingerprint density at radius 2 is 2.21 bits per heavy atom. The van der Waals surface area contributed by atoms with Crippen LogP contribution in [0.25, 0.3) is 0 Å². The monoisotopic (exact) mass is 471 g/mol. The number of aliphatic imine (C=N–C) groups is 1. The van der Waals surface area contributed by atoms with Crippen LogP contribution in [0.3, 0.4) is 0 Å². The van der Waals surface area contributed by atoms with Crippen molar-refractivity contribution in [1.29, 1.82) is 0 Å². The Hall–Kier alpha value is -2.78. The van der Waals surface area contributed by atoms with E-state index < -0.39 is 12.0 Å².